The molecule has 0 aromatic heterocycles. The van der Waals surface area contributed by atoms with Crippen molar-refractivity contribution in [2.45, 2.75) is 39.5 Å². The van der Waals surface area contributed by atoms with Gasteiger partial charge in [0.1, 0.15) is 12.1 Å². The number of rotatable bonds is 3. The van der Waals surface area contributed by atoms with Crippen molar-refractivity contribution in [3.63, 3.8) is 0 Å². The molecule has 0 aliphatic heterocycles. The SMILES string of the molecule is CC(=O)CC1CCCC1(C)C=O. The highest BCUT2D eigenvalue weighted by Gasteiger charge is 2.38. The summed E-state index contributed by atoms with van der Waals surface area (Å²) < 4.78 is 0. The van der Waals surface area contributed by atoms with Crippen LogP contribution in [0.1, 0.15) is 39.5 Å². The predicted octanol–water partition coefficient (Wildman–Crippen LogP) is 1.97. The van der Waals surface area contributed by atoms with Crippen LogP contribution < -0.4 is 0 Å². The standard InChI is InChI=1S/C10H16O2/c1-8(12)6-9-4-3-5-10(9,2)7-11/h7,9H,3-6H2,1-2H3. The molecule has 0 N–H and O–H groups in total. The molecular formula is C10H16O2. The number of hydrogen-bond acceptors (Lipinski definition) is 2. The summed E-state index contributed by atoms with van der Waals surface area (Å²) in [4.78, 5) is 21.7. The van der Waals surface area contributed by atoms with E-state index in [1.165, 1.54) is 0 Å². The molecule has 2 heteroatoms. The van der Waals surface area contributed by atoms with Gasteiger partial charge in [-0.05, 0) is 25.7 Å². The van der Waals surface area contributed by atoms with E-state index >= 15 is 0 Å². The van der Waals surface area contributed by atoms with Gasteiger partial charge in [0.2, 0.25) is 0 Å². The van der Waals surface area contributed by atoms with Gasteiger partial charge in [0.25, 0.3) is 0 Å². The molecule has 1 aliphatic rings. The maximum Gasteiger partial charge on any atom is 0.130 e. The van der Waals surface area contributed by atoms with Gasteiger partial charge in [-0.1, -0.05) is 13.3 Å². The molecule has 0 saturated heterocycles. The van der Waals surface area contributed by atoms with Crippen LogP contribution in [0.2, 0.25) is 0 Å². The zero-order valence-electron chi connectivity index (χ0n) is 7.80. The van der Waals surface area contributed by atoms with E-state index in [9.17, 15) is 9.59 Å². The van der Waals surface area contributed by atoms with Crippen LogP contribution in [-0.4, -0.2) is 12.1 Å². The molecule has 12 heavy (non-hydrogen) atoms. The number of Topliss-reactive ketones (excluding diaryl/α,β-unsaturated/α-hetero) is 1. The minimum absolute atomic E-state index is 0.204. The zero-order chi connectivity index (χ0) is 9.19. The van der Waals surface area contributed by atoms with Gasteiger partial charge >= 0.3 is 0 Å². The molecule has 1 rings (SSSR count). The smallest absolute Gasteiger partial charge is 0.130 e. The van der Waals surface area contributed by atoms with Crippen LogP contribution in [0.15, 0.2) is 0 Å². The Morgan fingerprint density at radius 3 is 2.83 bits per heavy atom. The van der Waals surface area contributed by atoms with Gasteiger partial charge < -0.3 is 9.59 Å². The quantitative estimate of drug-likeness (QED) is 0.604. The molecule has 2 nitrogen and oxygen atoms in total. The first-order valence-electron chi connectivity index (χ1n) is 4.54. The molecule has 2 atom stereocenters. The largest absolute Gasteiger partial charge is 0.303 e. The number of carbonyl (C=O) groups excluding carboxylic acids is 2. The summed E-state index contributed by atoms with van der Waals surface area (Å²) in [6.07, 6.45) is 4.69. The van der Waals surface area contributed by atoms with Crippen LogP contribution >= 0.6 is 0 Å². The Labute approximate surface area is 73.3 Å². The van der Waals surface area contributed by atoms with Crippen molar-refractivity contribution in [2.24, 2.45) is 11.3 Å². The summed E-state index contributed by atoms with van der Waals surface area (Å²) in [6, 6.07) is 0. The van der Waals surface area contributed by atoms with E-state index in [-0.39, 0.29) is 11.2 Å². The molecular weight excluding hydrogens is 152 g/mol. The van der Waals surface area contributed by atoms with Gasteiger partial charge in [0.15, 0.2) is 0 Å². The van der Waals surface area contributed by atoms with Crippen molar-refractivity contribution >= 4 is 12.1 Å². The Bertz CT molecular complexity index is 198. The third-order valence-electron chi connectivity index (χ3n) is 3.00. The molecule has 1 fully saturated rings. The fourth-order valence-corrected chi connectivity index (χ4v) is 2.10. The summed E-state index contributed by atoms with van der Waals surface area (Å²) in [5.41, 5.74) is -0.217. The fraction of sp³-hybridized carbons (Fsp3) is 0.800. The molecule has 0 heterocycles. The lowest BCUT2D eigenvalue weighted by Gasteiger charge is -2.24. The third kappa shape index (κ3) is 1.74. The van der Waals surface area contributed by atoms with E-state index in [0.29, 0.717) is 12.3 Å². The summed E-state index contributed by atoms with van der Waals surface area (Å²) in [5.74, 6) is 0.502. The van der Waals surface area contributed by atoms with Crippen LogP contribution in [0.5, 0.6) is 0 Å². The number of ketones is 1. The normalized spacial score (nSPS) is 35.0. The molecule has 1 aliphatic carbocycles. The topological polar surface area (TPSA) is 34.1 Å². The molecule has 0 bridgehead atoms. The van der Waals surface area contributed by atoms with Crippen molar-refractivity contribution in [1.29, 1.82) is 0 Å². The molecule has 0 radical (unpaired) electrons. The Morgan fingerprint density at radius 2 is 2.33 bits per heavy atom. The van der Waals surface area contributed by atoms with E-state index in [0.717, 1.165) is 25.5 Å². The van der Waals surface area contributed by atoms with E-state index in [2.05, 4.69) is 0 Å². The van der Waals surface area contributed by atoms with Gasteiger partial charge in [0, 0.05) is 11.8 Å². The second kappa shape index (κ2) is 3.38. The zero-order valence-corrected chi connectivity index (χ0v) is 7.80. The Hall–Kier alpha value is -0.660. The van der Waals surface area contributed by atoms with Crippen LogP contribution in [0, 0.1) is 11.3 Å². The third-order valence-corrected chi connectivity index (χ3v) is 3.00. The Kier molecular flexibility index (Phi) is 2.65. The molecule has 68 valence electrons. The van der Waals surface area contributed by atoms with E-state index < -0.39 is 0 Å². The van der Waals surface area contributed by atoms with Crippen LogP contribution in [0.3, 0.4) is 0 Å². The lowest BCUT2D eigenvalue weighted by molar-refractivity contribution is -0.121. The first-order chi connectivity index (χ1) is 5.58. The Morgan fingerprint density at radius 1 is 1.67 bits per heavy atom. The second-order valence-electron chi connectivity index (χ2n) is 4.12. The fourth-order valence-electron chi connectivity index (χ4n) is 2.10. The summed E-state index contributed by atoms with van der Waals surface area (Å²) in [5, 5.41) is 0. The van der Waals surface area contributed by atoms with Crippen molar-refractivity contribution in [3.05, 3.63) is 0 Å². The van der Waals surface area contributed by atoms with Gasteiger partial charge in [-0.3, -0.25) is 0 Å². The summed E-state index contributed by atoms with van der Waals surface area (Å²) in [6.45, 7) is 3.57. The van der Waals surface area contributed by atoms with Crippen LogP contribution in [0.4, 0.5) is 0 Å². The minimum atomic E-state index is -0.217. The molecule has 2 unspecified atom stereocenters. The molecule has 1 saturated carbocycles. The predicted molar refractivity (Wildman–Crippen MR) is 46.8 cm³/mol. The second-order valence-corrected chi connectivity index (χ2v) is 4.12. The summed E-state index contributed by atoms with van der Waals surface area (Å²) >= 11 is 0. The van der Waals surface area contributed by atoms with Crippen molar-refractivity contribution in [3.8, 4) is 0 Å². The highest BCUT2D eigenvalue weighted by atomic mass is 16.1. The van der Waals surface area contributed by atoms with Crippen LogP contribution in [-0.2, 0) is 9.59 Å². The first-order valence-corrected chi connectivity index (χ1v) is 4.54. The van der Waals surface area contributed by atoms with Gasteiger partial charge in [-0.15, -0.1) is 0 Å². The van der Waals surface area contributed by atoms with Crippen molar-refractivity contribution < 1.29 is 9.59 Å². The van der Waals surface area contributed by atoms with E-state index in [4.69, 9.17) is 0 Å². The van der Waals surface area contributed by atoms with Crippen molar-refractivity contribution in [2.75, 3.05) is 0 Å². The van der Waals surface area contributed by atoms with E-state index in [1.807, 2.05) is 6.92 Å². The monoisotopic (exact) mass is 168 g/mol. The number of hydrogen-bond donors (Lipinski definition) is 0. The average Bonchev–Trinajstić information content (AvgIpc) is 2.33. The lowest BCUT2D eigenvalue weighted by Crippen LogP contribution is -2.24. The lowest BCUT2D eigenvalue weighted by atomic mass is 9.79. The maximum atomic E-state index is 10.9. The minimum Gasteiger partial charge on any atom is -0.303 e. The van der Waals surface area contributed by atoms with Crippen molar-refractivity contribution in [1.82, 2.24) is 0 Å². The molecule has 0 aromatic rings. The molecule has 0 aromatic carbocycles. The Balaban J connectivity index is 2.63. The number of carbonyl (C=O) groups is 2. The molecule has 0 spiro atoms. The van der Waals surface area contributed by atoms with Gasteiger partial charge in [-0.2, -0.15) is 0 Å². The van der Waals surface area contributed by atoms with Gasteiger partial charge in [-0.25, -0.2) is 0 Å². The average molecular weight is 168 g/mol. The number of aldehydes is 1. The first kappa shape index (κ1) is 9.43. The molecule has 0 amide bonds. The van der Waals surface area contributed by atoms with Crippen LogP contribution in [0.25, 0.3) is 0 Å². The maximum absolute atomic E-state index is 10.9. The summed E-state index contributed by atoms with van der Waals surface area (Å²) in [7, 11) is 0. The highest BCUT2D eigenvalue weighted by molar-refractivity contribution is 5.76. The van der Waals surface area contributed by atoms with E-state index in [1.54, 1.807) is 6.92 Å². The van der Waals surface area contributed by atoms with Gasteiger partial charge in [0.05, 0.1) is 0 Å². The highest BCUT2D eigenvalue weighted by Crippen LogP contribution is 2.43.